The van der Waals surface area contributed by atoms with Gasteiger partial charge in [0.05, 0.1) is 22.1 Å². The Morgan fingerprint density at radius 1 is 0.291 bits per heavy atom. The third-order valence-corrected chi connectivity index (χ3v) is 11.0. The van der Waals surface area contributed by atoms with Crippen LogP contribution in [0, 0.1) is 0 Å². The summed E-state index contributed by atoms with van der Waals surface area (Å²) in [4.78, 5) is 0. The molecule has 0 amide bonds. The van der Waals surface area contributed by atoms with Crippen molar-refractivity contribution in [1.82, 2.24) is 9.13 Å². The van der Waals surface area contributed by atoms with Gasteiger partial charge in [-0.2, -0.15) is 0 Å². The molecule has 0 bridgehead atoms. The van der Waals surface area contributed by atoms with Gasteiger partial charge >= 0.3 is 0 Å². The Kier molecular flexibility index (Phi) is 8.55. The van der Waals surface area contributed by atoms with Crippen LogP contribution in [0.2, 0.25) is 0 Å². The van der Waals surface area contributed by atoms with E-state index in [-0.39, 0.29) is 0 Å². The Bertz CT molecular complexity index is 2910. The van der Waals surface area contributed by atoms with E-state index in [1.165, 1.54) is 95.5 Å². The molecule has 1 aliphatic heterocycles. The summed E-state index contributed by atoms with van der Waals surface area (Å²) in [5, 5.41) is 5.01. The molecular weight excluding hydrogens is 669 g/mol. The van der Waals surface area contributed by atoms with Crippen LogP contribution in [0.3, 0.4) is 0 Å². The molecule has 55 heavy (non-hydrogen) atoms. The van der Waals surface area contributed by atoms with Crippen molar-refractivity contribution in [1.29, 1.82) is 0 Å². The minimum absolute atomic E-state index is 1.00. The molecule has 1 saturated heterocycles. The van der Waals surface area contributed by atoms with Gasteiger partial charge in [-0.15, -0.1) is 0 Å². The number of hydrogen-bond donors (Lipinski definition) is 0. The molecule has 8 aromatic carbocycles. The maximum absolute atomic E-state index is 4.94. The minimum Gasteiger partial charge on any atom is -0.381 e. The second kappa shape index (κ2) is 14.3. The highest BCUT2D eigenvalue weighted by atomic mass is 16.5. The summed E-state index contributed by atoms with van der Waals surface area (Å²) in [7, 11) is 0. The maximum Gasteiger partial charge on any atom is 0.0541 e. The zero-order valence-corrected chi connectivity index (χ0v) is 30.6. The number of hydrogen-bond acceptors (Lipinski definition) is 1. The third kappa shape index (κ3) is 6.09. The van der Waals surface area contributed by atoms with Gasteiger partial charge in [0.2, 0.25) is 0 Å². The lowest BCUT2D eigenvalue weighted by Gasteiger charge is -2.10. The first-order valence-electron chi connectivity index (χ1n) is 19.3. The fraction of sp³-hybridized carbons (Fsp3) is 0.0769. The summed E-state index contributed by atoms with van der Waals surface area (Å²) < 4.78 is 9.73. The number of nitrogens with zero attached hydrogens (tertiary/aromatic N) is 2. The van der Waals surface area contributed by atoms with Crippen LogP contribution in [0.1, 0.15) is 12.8 Å². The second-order valence-corrected chi connectivity index (χ2v) is 14.3. The average molecular weight is 709 g/mol. The SMILES string of the molecule is C1CCOC1.c1ccc(-c2ccc(-n3c4ccccc4c4cc(-c5ccc6c(c5)c5cc(-c7ccccc7)ccc5n6-c5ccccc5)ccc43)cc2)cc1. The highest BCUT2D eigenvalue weighted by Crippen LogP contribution is 2.39. The molecule has 0 unspecified atom stereocenters. The molecular formula is C52H40N2O. The first kappa shape index (κ1) is 32.9. The van der Waals surface area contributed by atoms with Crippen molar-refractivity contribution in [3.8, 4) is 44.8 Å². The molecule has 3 heterocycles. The van der Waals surface area contributed by atoms with Crippen molar-refractivity contribution in [3.05, 3.63) is 194 Å². The topological polar surface area (TPSA) is 19.1 Å². The molecule has 0 spiro atoms. The maximum atomic E-state index is 4.94. The number of rotatable bonds is 5. The van der Waals surface area contributed by atoms with Gasteiger partial charge in [0.25, 0.3) is 0 Å². The van der Waals surface area contributed by atoms with Gasteiger partial charge in [0.15, 0.2) is 0 Å². The van der Waals surface area contributed by atoms with E-state index >= 15 is 0 Å². The van der Waals surface area contributed by atoms with E-state index in [4.69, 9.17) is 4.74 Å². The van der Waals surface area contributed by atoms with Crippen LogP contribution < -0.4 is 0 Å². The molecule has 0 radical (unpaired) electrons. The summed E-state index contributed by atoms with van der Waals surface area (Å²) in [6, 6.07) is 70.4. The minimum atomic E-state index is 1.00. The van der Waals surface area contributed by atoms with Crippen molar-refractivity contribution in [2.45, 2.75) is 12.8 Å². The van der Waals surface area contributed by atoms with E-state index < -0.39 is 0 Å². The first-order chi connectivity index (χ1) is 27.3. The standard InChI is InChI=1S/C48H32N2.C4H8O/c1-4-12-33(13-5-1)35-20-25-40(26-21-35)50-45-19-11-10-18-41(45)42-31-37(23-28-46(42)50)38-24-29-48-44(32-38)43-30-36(34-14-6-2-7-15-34)22-27-47(43)49(48)39-16-8-3-9-17-39;1-2-4-5-3-1/h1-32H;1-4H2. The number of aromatic nitrogens is 2. The van der Waals surface area contributed by atoms with Crippen molar-refractivity contribution < 1.29 is 4.74 Å². The monoisotopic (exact) mass is 708 g/mol. The highest BCUT2D eigenvalue weighted by molar-refractivity contribution is 6.13. The summed E-state index contributed by atoms with van der Waals surface area (Å²) in [5.74, 6) is 0. The lowest BCUT2D eigenvalue weighted by atomic mass is 9.99. The summed E-state index contributed by atoms with van der Waals surface area (Å²) in [6.45, 7) is 2.00. The van der Waals surface area contributed by atoms with E-state index in [9.17, 15) is 0 Å². The van der Waals surface area contributed by atoms with E-state index in [1.807, 2.05) is 0 Å². The van der Waals surface area contributed by atoms with Gasteiger partial charge in [-0.25, -0.2) is 0 Å². The van der Waals surface area contributed by atoms with Gasteiger partial charge in [0.1, 0.15) is 0 Å². The molecule has 1 fully saturated rings. The third-order valence-electron chi connectivity index (χ3n) is 11.0. The molecule has 3 nitrogen and oxygen atoms in total. The molecule has 1 aliphatic rings. The summed E-state index contributed by atoms with van der Waals surface area (Å²) in [5.41, 5.74) is 14.5. The Labute approximate surface area is 321 Å². The van der Waals surface area contributed by atoms with Gasteiger partial charge in [-0.3, -0.25) is 0 Å². The van der Waals surface area contributed by atoms with E-state index in [0.29, 0.717) is 0 Å². The smallest absolute Gasteiger partial charge is 0.0541 e. The molecule has 11 rings (SSSR count). The van der Waals surface area contributed by atoms with E-state index in [0.717, 1.165) is 18.9 Å². The molecule has 264 valence electrons. The van der Waals surface area contributed by atoms with Crippen LogP contribution in [0.25, 0.3) is 88.4 Å². The molecule has 10 aromatic rings. The second-order valence-electron chi connectivity index (χ2n) is 14.3. The largest absolute Gasteiger partial charge is 0.381 e. The molecule has 0 atom stereocenters. The van der Waals surface area contributed by atoms with Gasteiger partial charge in [-0.05, 0) is 113 Å². The van der Waals surface area contributed by atoms with Crippen molar-refractivity contribution in [2.75, 3.05) is 13.2 Å². The predicted molar refractivity (Wildman–Crippen MR) is 231 cm³/mol. The van der Waals surface area contributed by atoms with Crippen LogP contribution >= 0.6 is 0 Å². The zero-order valence-electron chi connectivity index (χ0n) is 30.6. The van der Waals surface area contributed by atoms with Crippen molar-refractivity contribution in [3.63, 3.8) is 0 Å². The fourth-order valence-corrected chi connectivity index (χ4v) is 8.24. The number of fused-ring (bicyclic) bond motifs is 6. The van der Waals surface area contributed by atoms with Crippen LogP contribution in [-0.2, 0) is 4.74 Å². The zero-order chi connectivity index (χ0) is 36.6. The van der Waals surface area contributed by atoms with Gasteiger partial charge in [0, 0.05) is 46.1 Å². The number of benzene rings is 8. The summed E-state index contributed by atoms with van der Waals surface area (Å²) in [6.07, 6.45) is 2.56. The van der Waals surface area contributed by atoms with E-state index in [1.54, 1.807) is 0 Å². The van der Waals surface area contributed by atoms with Crippen LogP contribution in [0.4, 0.5) is 0 Å². The van der Waals surface area contributed by atoms with Crippen molar-refractivity contribution >= 4 is 43.6 Å². The van der Waals surface area contributed by atoms with E-state index in [2.05, 4.69) is 203 Å². The Morgan fingerprint density at radius 3 is 1.16 bits per heavy atom. The van der Waals surface area contributed by atoms with Crippen LogP contribution in [-0.4, -0.2) is 22.3 Å². The average Bonchev–Trinajstić information content (AvgIpc) is 4.03. The molecule has 0 N–H and O–H groups in total. The molecule has 3 heteroatoms. The number of ether oxygens (including phenoxy) is 1. The number of para-hydroxylation sites is 2. The normalized spacial score (nSPS) is 12.7. The lowest BCUT2D eigenvalue weighted by molar-refractivity contribution is 0.198. The van der Waals surface area contributed by atoms with Crippen LogP contribution in [0.5, 0.6) is 0 Å². The quantitative estimate of drug-likeness (QED) is 0.174. The molecule has 2 aromatic heterocycles. The Morgan fingerprint density at radius 2 is 0.655 bits per heavy atom. The van der Waals surface area contributed by atoms with Crippen LogP contribution in [0.15, 0.2) is 194 Å². The predicted octanol–water partition coefficient (Wildman–Crippen LogP) is 13.7. The first-order valence-corrected chi connectivity index (χ1v) is 19.3. The fourth-order valence-electron chi connectivity index (χ4n) is 8.24. The highest BCUT2D eigenvalue weighted by Gasteiger charge is 2.17. The Balaban J connectivity index is 0.000000692. The molecule has 0 saturated carbocycles. The van der Waals surface area contributed by atoms with Gasteiger partial charge < -0.3 is 13.9 Å². The lowest BCUT2D eigenvalue weighted by Crippen LogP contribution is -1.94. The van der Waals surface area contributed by atoms with Crippen molar-refractivity contribution in [2.24, 2.45) is 0 Å². The van der Waals surface area contributed by atoms with Gasteiger partial charge in [-0.1, -0.05) is 127 Å². The molecule has 0 aliphatic carbocycles. The summed E-state index contributed by atoms with van der Waals surface area (Å²) >= 11 is 0. The Hall–Kier alpha value is -6.68.